The number of amidine groups is 1. The molecule has 2 saturated heterocycles. The molecule has 8 heteroatoms. The van der Waals surface area contributed by atoms with Crippen molar-refractivity contribution in [2.75, 3.05) is 12.3 Å². The van der Waals surface area contributed by atoms with Crippen molar-refractivity contribution in [1.29, 1.82) is 5.26 Å². The molecule has 0 amide bonds. The van der Waals surface area contributed by atoms with Crippen molar-refractivity contribution in [1.82, 2.24) is 19.3 Å². The fourth-order valence-electron chi connectivity index (χ4n) is 3.80. The number of piperidine rings is 1. The molecule has 2 atom stereocenters. The first kappa shape index (κ1) is 14.5. The van der Waals surface area contributed by atoms with Crippen LogP contribution >= 0.6 is 15.9 Å². The van der Waals surface area contributed by atoms with Gasteiger partial charge in [-0.15, -0.1) is 0 Å². The van der Waals surface area contributed by atoms with Crippen LogP contribution in [-0.4, -0.2) is 37.7 Å². The molecule has 0 saturated carbocycles. The number of halogens is 1. The number of anilines is 1. The summed E-state index contributed by atoms with van der Waals surface area (Å²) in [5.74, 6) is 2.67. The van der Waals surface area contributed by atoms with Gasteiger partial charge in [0, 0.05) is 37.3 Å². The van der Waals surface area contributed by atoms with Gasteiger partial charge >= 0.3 is 0 Å². The predicted molar refractivity (Wildman–Crippen MR) is 89.9 cm³/mol. The van der Waals surface area contributed by atoms with Gasteiger partial charge in [0.15, 0.2) is 5.82 Å². The minimum Gasteiger partial charge on any atom is -0.382 e. The number of hydrogen-bond donors (Lipinski definition) is 1. The van der Waals surface area contributed by atoms with Crippen LogP contribution in [0, 0.1) is 11.5 Å². The molecule has 0 radical (unpaired) electrons. The highest BCUT2D eigenvalue weighted by Crippen LogP contribution is 2.37. The van der Waals surface area contributed by atoms with E-state index in [0.717, 1.165) is 54.0 Å². The first-order valence-corrected chi connectivity index (χ1v) is 8.48. The zero-order valence-corrected chi connectivity index (χ0v) is 14.1. The van der Waals surface area contributed by atoms with Gasteiger partial charge in [-0.25, -0.2) is 9.97 Å². The highest BCUT2D eigenvalue weighted by Gasteiger charge is 2.37. The quantitative estimate of drug-likeness (QED) is 0.773. The van der Waals surface area contributed by atoms with Crippen LogP contribution < -0.4 is 5.73 Å². The summed E-state index contributed by atoms with van der Waals surface area (Å²) in [4.78, 5) is 15.1. The van der Waals surface area contributed by atoms with Gasteiger partial charge in [0.1, 0.15) is 21.8 Å². The number of fused-ring (bicyclic) bond motifs is 2. The van der Waals surface area contributed by atoms with Crippen LogP contribution in [0.4, 0.5) is 5.82 Å². The number of imidazole rings is 1. The van der Waals surface area contributed by atoms with E-state index in [1.807, 2.05) is 16.8 Å². The van der Waals surface area contributed by atoms with Crippen molar-refractivity contribution in [3.05, 3.63) is 22.8 Å². The molecular formula is C15H16BrN7. The standard InChI is InChI=1S/C15H16BrN7/c16-13-12-14(18)19-5-6-22(12)15(21-13)9-1-2-10-3-4-11(20-8-17)23(10)7-9/h5-6,9-10H,1-4,7H2,(H2,18,19)/b20-11+/t9-,10+/m1/s1. The lowest BCUT2D eigenvalue weighted by Gasteiger charge is -2.35. The van der Waals surface area contributed by atoms with Crippen molar-refractivity contribution in [3.63, 3.8) is 0 Å². The fourth-order valence-corrected chi connectivity index (χ4v) is 4.38. The van der Waals surface area contributed by atoms with Crippen molar-refractivity contribution in [2.24, 2.45) is 4.99 Å². The minimum atomic E-state index is 0.286. The number of aromatic nitrogens is 3. The number of rotatable bonds is 1. The Hall–Kier alpha value is -2.14. The van der Waals surface area contributed by atoms with Gasteiger partial charge in [-0.1, -0.05) is 0 Å². The first-order chi connectivity index (χ1) is 11.2. The zero-order chi connectivity index (χ0) is 16.0. The number of nitrogens with zero attached hydrogens (tertiary/aromatic N) is 6. The second-order valence-corrected chi connectivity index (χ2v) is 6.79. The number of aliphatic imine (C=N–C) groups is 1. The molecule has 7 nitrogen and oxygen atoms in total. The van der Waals surface area contributed by atoms with E-state index in [2.05, 4.69) is 35.8 Å². The first-order valence-electron chi connectivity index (χ1n) is 7.69. The second kappa shape index (κ2) is 5.49. The highest BCUT2D eigenvalue weighted by atomic mass is 79.9. The van der Waals surface area contributed by atoms with Crippen LogP contribution in [0.25, 0.3) is 5.52 Å². The Bertz CT molecular complexity index is 834. The topological polar surface area (TPSA) is 95.6 Å². The lowest BCUT2D eigenvalue weighted by molar-refractivity contribution is 0.233. The molecule has 0 bridgehead atoms. The summed E-state index contributed by atoms with van der Waals surface area (Å²) in [6.45, 7) is 0.846. The Morgan fingerprint density at radius 2 is 2.26 bits per heavy atom. The molecule has 118 valence electrons. The lowest BCUT2D eigenvalue weighted by atomic mass is 9.92. The maximum atomic E-state index is 8.87. The summed E-state index contributed by atoms with van der Waals surface area (Å²) in [6, 6.07) is 0.514. The van der Waals surface area contributed by atoms with E-state index in [9.17, 15) is 0 Å². The molecular weight excluding hydrogens is 358 g/mol. The Labute approximate surface area is 142 Å². The maximum Gasteiger partial charge on any atom is 0.207 e. The van der Waals surface area contributed by atoms with Crippen molar-refractivity contribution >= 4 is 33.1 Å². The smallest absolute Gasteiger partial charge is 0.207 e. The van der Waals surface area contributed by atoms with E-state index >= 15 is 0 Å². The molecule has 2 aliphatic rings. The third kappa shape index (κ3) is 2.27. The van der Waals surface area contributed by atoms with E-state index in [-0.39, 0.29) is 5.92 Å². The molecule has 0 unspecified atom stereocenters. The van der Waals surface area contributed by atoms with Crippen LogP contribution in [0.15, 0.2) is 22.0 Å². The molecule has 2 aromatic rings. The van der Waals surface area contributed by atoms with Crippen molar-refractivity contribution < 1.29 is 0 Å². The molecule has 2 aromatic heterocycles. The maximum absolute atomic E-state index is 8.87. The van der Waals surface area contributed by atoms with Gasteiger partial charge in [-0.2, -0.15) is 10.3 Å². The summed E-state index contributed by atoms with van der Waals surface area (Å²) in [5.41, 5.74) is 6.80. The van der Waals surface area contributed by atoms with E-state index in [1.165, 1.54) is 0 Å². The van der Waals surface area contributed by atoms with Crippen LogP contribution in [0.2, 0.25) is 0 Å². The lowest BCUT2D eigenvalue weighted by Crippen LogP contribution is -2.41. The molecule has 0 aliphatic carbocycles. The van der Waals surface area contributed by atoms with Gasteiger partial charge in [0.2, 0.25) is 6.19 Å². The molecule has 4 rings (SSSR count). The Morgan fingerprint density at radius 3 is 3.09 bits per heavy atom. The number of nitrogens with two attached hydrogens (primary N) is 1. The summed E-state index contributed by atoms with van der Waals surface area (Å²) in [6.07, 6.45) is 9.70. The molecule has 0 spiro atoms. The number of nitriles is 1. The molecule has 4 heterocycles. The average Bonchev–Trinajstić information content (AvgIpc) is 3.10. The van der Waals surface area contributed by atoms with Gasteiger partial charge in [0.05, 0.1) is 0 Å². The number of nitrogen functional groups attached to an aromatic ring is 1. The predicted octanol–water partition coefficient (Wildman–Crippen LogP) is 2.30. The summed E-state index contributed by atoms with van der Waals surface area (Å²) in [7, 11) is 0. The Morgan fingerprint density at radius 1 is 1.39 bits per heavy atom. The summed E-state index contributed by atoms with van der Waals surface area (Å²) >= 11 is 3.50. The van der Waals surface area contributed by atoms with Crippen LogP contribution in [0.1, 0.15) is 37.4 Å². The summed E-state index contributed by atoms with van der Waals surface area (Å²) < 4.78 is 2.75. The Kier molecular flexibility index (Phi) is 3.45. The Balaban J connectivity index is 1.71. The van der Waals surface area contributed by atoms with Crippen LogP contribution in [0.3, 0.4) is 0 Å². The third-order valence-electron chi connectivity index (χ3n) is 4.85. The van der Waals surface area contributed by atoms with E-state index < -0.39 is 0 Å². The largest absolute Gasteiger partial charge is 0.382 e. The molecule has 23 heavy (non-hydrogen) atoms. The molecule has 2 N–H and O–H groups in total. The fraction of sp³-hybridized carbons (Fsp3) is 0.467. The van der Waals surface area contributed by atoms with E-state index in [4.69, 9.17) is 11.0 Å². The van der Waals surface area contributed by atoms with E-state index in [0.29, 0.717) is 11.9 Å². The van der Waals surface area contributed by atoms with Gasteiger partial charge in [-0.3, -0.25) is 4.40 Å². The summed E-state index contributed by atoms with van der Waals surface area (Å²) in [5, 5.41) is 8.87. The van der Waals surface area contributed by atoms with Gasteiger partial charge in [-0.05, 0) is 35.2 Å². The zero-order valence-electron chi connectivity index (χ0n) is 12.5. The van der Waals surface area contributed by atoms with Crippen molar-refractivity contribution in [2.45, 2.75) is 37.6 Å². The number of hydrogen-bond acceptors (Lipinski definition) is 5. The van der Waals surface area contributed by atoms with E-state index in [1.54, 1.807) is 6.20 Å². The van der Waals surface area contributed by atoms with Gasteiger partial charge in [0.25, 0.3) is 0 Å². The van der Waals surface area contributed by atoms with Crippen molar-refractivity contribution in [3.8, 4) is 6.19 Å². The monoisotopic (exact) mass is 373 g/mol. The SMILES string of the molecule is N#C/N=C1\CC[C@@H]2CC[C@@H](c3nc(Br)c4c(N)nccn34)CN12. The van der Waals surface area contributed by atoms with Gasteiger partial charge < -0.3 is 10.6 Å². The molecule has 2 fully saturated rings. The normalized spacial score (nSPS) is 25.7. The molecule has 2 aliphatic heterocycles. The third-order valence-corrected chi connectivity index (χ3v) is 5.40. The second-order valence-electron chi connectivity index (χ2n) is 6.04. The highest BCUT2D eigenvalue weighted by molar-refractivity contribution is 9.10. The average molecular weight is 374 g/mol. The minimum absolute atomic E-state index is 0.286. The van der Waals surface area contributed by atoms with Crippen LogP contribution in [-0.2, 0) is 0 Å². The molecule has 0 aromatic carbocycles. The van der Waals surface area contributed by atoms with Crippen LogP contribution in [0.5, 0.6) is 0 Å².